The van der Waals surface area contributed by atoms with Crippen LogP contribution in [0.15, 0.2) is 55.4 Å². The Morgan fingerprint density at radius 2 is 2.14 bits per heavy atom. The topological polar surface area (TPSA) is 54.0 Å². The van der Waals surface area contributed by atoms with E-state index in [0.717, 1.165) is 5.69 Å². The maximum absolute atomic E-state index is 13.5. The van der Waals surface area contributed by atoms with Crippen molar-refractivity contribution in [3.05, 3.63) is 72.3 Å². The van der Waals surface area contributed by atoms with Gasteiger partial charge in [-0.25, -0.2) is 4.39 Å². The molecule has 0 saturated heterocycles. The summed E-state index contributed by atoms with van der Waals surface area (Å²) in [5.41, 5.74) is 1.80. The van der Waals surface area contributed by atoms with Crippen LogP contribution in [0.3, 0.4) is 0 Å². The summed E-state index contributed by atoms with van der Waals surface area (Å²) in [7, 11) is 0. The highest BCUT2D eigenvalue weighted by Crippen LogP contribution is 2.09. The Morgan fingerprint density at radius 3 is 2.91 bits per heavy atom. The highest BCUT2D eigenvalue weighted by molar-refractivity contribution is 5.94. The van der Waals surface area contributed by atoms with Gasteiger partial charge in [-0.05, 0) is 24.1 Å². The lowest BCUT2D eigenvalue weighted by Gasteiger charge is -2.08. The van der Waals surface area contributed by atoms with Crippen LogP contribution in [0.4, 0.5) is 10.1 Å². The molecule has 22 heavy (non-hydrogen) atoms. The molecular weight excluding hydrogens is 281 g/mol. The Balaban J connectivity index is 1.89. The first kappa shape index (κ1) is 15.7. The molecule has 5 heteroatoms. The average molecular weight is 299 g/mol. The van der Waals surface area contributed by atoms with Gasteiger partial charge in [-0.15, -0.1) is 6.58 Å². The van der Waals surface area contributed by atoms with E-state index in [1.807, 2.05) is 0 Å². The summed E-state index contributed by atoms with van der Waals surface area (Å²) >= 11 is 0. The zero-order valence-electron chi connectivity index (χ0n) is 12.2. The van der Waals surface area contributed by atoms with Crippen LogP contribution in [0.1, 0.15) is 15.9 Å². The third-order valence-electron chi connectivity index (χ3n) is 3.09. The Hall–Kier alpha value is -2.69. The van der Waals surface area contributed by atoms with Gasteiger partial charge < -0.3 is 10.6 Å². The second-order valence-corrected chi connectivity index (χ2v) is 4.73. The fourth-order valence-electron chi connectivity index (χ4n) is 1.96. The van der Waals surface area contributed by atoms with Crippen molar-refractivity contribution < 1.29 is 9.18 Å². The molecule has 0 saturated carbocycles. The maximum atomic E-state index is 13.5. The number of halogens is 1. The van der Waals surface area contributed by atoms with Crippen LogP contribution in [0.2, 0.25) is 0 Å². The van der Waals surface area contributed by atoms with Crippen molar-refractivity contribution in [2.75, 3.05) is 18.4 Å². The molecule has 1 heterocycles. The molecule has 1 aromatic carbocycles. The summed E-state index contributed by atoms with van der Waals surface area (Å²) in [5, 5.41) is 5.83. The number of hydrogen-bond donors (Lipinski definition) is 2. The van der Waals surface area contributed by atoms with Crippen molar-refractivity contribution in [1.29, 1.82) is 0 Å². The van der Waals surface area contributed by atoms with Crippen molar-refractivity contribution in [2.24, 2.45) is 0 Å². The number of nitrogens with one attached hydrogen (secondary N) is 2. The van der Waals surface area contributed by atoms with E-state index in [2.05, 4.69) is 22.2 Å². The third kappa shape index (κ3) is 4.41. The van der Waals surface area contributed by atoms with Gasteiger partial charge in [0, 0.05) is 25.5 Å². The molecule has 0 aliphatic carbocycles. The fraction of sp³-hybridized carbons (Fsp3) is 0.176. The molecule has 0 aliphatic heterocycles. The minimum absolute atomic E-state index is 0.230. The molecule has 2 rings (SSSR count). The minimum Gasteiger partial charge on any atom is -0.380 e. The second kappa shape index (κ2) is 7.93. The number of rotatable bonds is 7. The molecular formula is C17H18FN3O. The van der Waals surface area contributed by atoms with Gasteiger partial charge in [0.15, 0.2) is 0 Å². The molecule has 2 aromatic rings. The number of aromatic nitrogens is 1. The van der Waals surface area contributed by atoms with E-state index in [1.165, 1.54) is 12.3 Å². The summed E-state index contributed by atoms with van der Waals surface area (Å²) in [6.45, 7) is 4.58. The van der Waals surface area contributed by atoms with Gasteiger partial charge in [-0.3, -0.25) is 9.78 Å². The Kier molecular flexibility index (Phi) is 5.65. The molecule has 0 atom stereocenters. The van der Waals surface area contributed by atoms with Crippen LogP contribution >= 0.6 is 0 Å². The molecule has 0 spiro atoms. The van der Waals surface area contributed by atoms with E-state index in [0.29, 0.717) is 30.6 Å². The zero-order chi connectivity index (χ0) is 15.8. The van der Waals surface area contributed by atoms with Gasteiger partial charge in [0.1, 0.15) is 5.82 Å². The first-order chi connectivity index (χ1) is 10.7. The Labute approximate surface area is 129 Å². The average Bonchev–Trinajstić information content (AvgIpc) is 2.55. The van der Waals surface area contributed by atoms with E-state index in [1.54, 1.807) is 36.5 Å². The summed E-state index contributed by atoms with van der Waals surface area (Å²) in [4.78, 5) is 16.1. The monoisotopic (exact) mass is 299 g/mol. The zero-order valence-corrected chi connectivity index (χ0v) is 12.2. The number of anilines is 1. The standard InChI is InChI=1S/C17H18FN3O/c1-2-8-20-15-10-14(11-19-12-15)17(22)21-9-7-13-5-3-4-6-16(13)18/h2-6,10-12,20H,1,7-9H2,(H,21,22). The van der Waals surface area contributed by atoms with E-state index >= 15 is 0 Å². The highest BCUT2D eigenvalue weighted by Gasteiger charge is 2.07. The number of hydrogen-bond acceptors (Lipinski definition) is 3. The van der Waals surface area contributed by atoms with E-state index in [-0.39, 0.29) is 11.7 Å². The second-order valence-electron chi connectivity index (χ2n) is 4.73. The van der Waals surface area contributed by atoms with Crippen molar-refractivity contribution >= 4 is 11.6 Å². The van der Waals surface area contributed by atoms with Crippen molar-refractivity contribution in [2.45, 2.75) is 6.42 Å². The Morgan fingerprint density at radius 1 is 1.32 bits per heavy atom. The smallest absolute Gasteiger partial charge is 0.252 e. The molecule has 0 aliphatic rings. The summed E-state index contributed by atoms with van der Waals surface area (Å²) < 4.78 is 13.5. The normalized spacial score (nSPS) is 10.0. The quantitative estimate of drug-likeness (QED) is 0.773. The number of benzene rings is 1. The molecule has 1 aromatic heterocycles. The largest absolute Gasteiger partial charge is 0.380 e. The van der Waals surface area contributed by atoms with E-state index < -0.39 is 0 Å². The summed E-state index contributed by atoms with van der Waals surface area (Å²) in [6.07, 6.45) is 5.30. The van der Waals surface area contributed by atoms with Crippen LogP contribution in [0.25, 0.3) is 0 Å². The molecule has 4 nitrogen and oxygen atoms in total. The molecule has 2 N–H and O–H groups in total. The molecule has 114 valence electrons. The number of nitrogens with zero attached hydrogens (tertiary/aromatic N) is 1. The predicted molar refractivity (Wildman–Crippen MR) is 85.4 cm³/mol. The SMILES string of the molecule is C=CCNc1cncc(C(=O)NCCc2ccccc2F)c1. The number of carbonyl (C=O) groups is 1. The van der Waals surface area contributed by atoms with Gasteiger partial charge in [0.2, 0.25) is 0 Å². The third-order valence-corrected chi connectivity index (χ3v) is 3.09. The fourth-order valence-corrected chi connectivity index (χ4v) is 1.96. The number of carbonyl (C=O) groups excluding carboxylic acids is 1. The highest BCUT2D eigenvalue weighted by atomic mass is 19.1. The predicted octanol–water partition coefficient (Wildman–Crippen LogP) is 2.79. The van der Waals surface area contributed by atoms with Gasteiger partial charge in [-0.1, -0.05) is 24.3 Å². The van der Waals surface area contributed by atoms with Crippen LogP contribution < -0.4 is 10.6 Å². The lowest BCUT2D eigenvalue weighted by atomic mass is 10.1. The first-order valence-corrected chi connectivity index (χ1v) is 7.02. The summed E-state index contributed by atoms with van der Waals surface area (Å²) in [6, 6.07) is 8.26. The van der Waals surface area contributed by atoms with Crippen LogP contribution in [-0.2, 0) is 6.42 Å². The van der Waals surface area contributed by atoms with E-state index in [9.17, 15) is 9.18 Å². The lowest BCUT2D eigenvalue weighted by molar-refractivity contribution is 0.0953. The lowest BCUT2D eigenvalue weighted by Crippen LogP contribution is -2.26. The van der Waals surface area contributed by atoms with E-state index in [4.69, 9.17) is 0 Å². The van der Waals surface area contributed by atoms with Crippen molar-refractivity contribution in [3.63, 3.8) is 0 Å². The van der Waals surface area contributed by atoms with Crippen LogP contribution in [-0.4, -0.2) is 24.0 Å². The molecule has 0 fully saturated rings. The molecule has 0 unspecified atom stereocenters. The van der Waals surface area contributed by atoms with Crippen molar-refractivity contribution in [3.8, 4) is 0 Å². The van der Waals surface area contributed by atoms with Gasteiger partial charge >= 0.3 is 0 Å². The molecule has 1 amide bonds. The number of amides is 1. The van der Waals surface area contributed by atoms with Gasteiger partial charge in [-0.2, -0.15) is 0 Å². The van der Waals surface area contributed by atoms with Crippen LogP contribution in [0.5, 0.6) is 0 Å². The molecule has 0 radical (unpaired) electrons. The van der Waals surface area contributed by atoms with Crippen LogP contribution in [0, 0.1) is 5.82 Å². The first-order valence-electron chi connectivity index (χ1n) is 7.02. The summed E-state index contributed by atoms with van der Waals surface area (Å²) in [5.74, 6) is -0.486. The molecule has 0 bridgehead atoms. The minimum atomic E-state index is -0.256. The van der Waals surface area contributed by atoms with Crippen molar-refractivity contribution in [1.82, 2.24) is 10.3 Å². The Bertz CT molecular complexity index is 658. The van der Waals surface area contributed by atoms with Gasteiger partial charge in [0.05, 0.1) is 11.3 Å². The number of pyridine rings is 1. The van der Waals surface area contributed by atoms with Gasteiger partial charge in [0.25, 0.3) is 5.91 Å². The maximum Gasteiger partial charge on any atom is 0.252 e.